The third kappa shape index (κ3) is 4.62. The predicted octanol–water partition coefficient (Wildman–Crippen LogP) is 3.92. The summed E-state index contributed by atoms with van der Waals surface area (Å²) in [5.41, 5.74) is 3.09. The maximum Gasteiger partial charge on any atom is 0.260 e. The number of halogens is 2. The molecule has 0 unspecified atom stereocenters. The van der Waals surface area contributed by atoms with Gasteiger partial charge >= 0.3 is 0 Å². The summed E-state index contributed by atoms with van der Waals surface area (Å²) in [6.45, 7) is 6.67. The average molecular weight is 460 g/mol. The van der Waals surface area contributed by atoms with Crippen LogP contribution in [-0.4, -0.2) is 58.4 Å². The summed E-state index contributed by atoms with van der Waals surface area (Å²) in [5.74, 6) is 1.18. The van der Waals surface area contributed by atoms with Crippen LogP contribution < -0.4 is 9.64 Å². The van der Waals surface area contributed by atoms with E-state index in [-0.39, 0.29) is 12.5 Å². The number of nitrogens with zero attached hydrogens (tertiary/aromatic N) is 5. The Morgan fingerprint density at radius 1 is 1.10 bits per heavy atom. The second-order valence-corrected chi connectivity index (χ2v) is 8.19. The Hall–Kier alpha value is -2.77. The Morgan fingerprint density at radius 2 is 1.87 bits per heavy atom. The summed E-state index contributed by atoms with van der Waals surface area (Å²) in [6, 6.07) is 10.7. The molecular weight excluding hydrogens is 437 g/mol. The Morgan fingerprint density at radius 3 is 2.55 bits per heavy atom. The van der Waals surface area contributed by atoms with Gasteiger partial charge < -0.3 is 14.5 Å². The van der Waals surface area contributed by atoms with Gasteiger partial charge in [-0.2, -0.15) is 5.10 Å². The molecule has 1 aromatic carbocycles. The van der Waals surface area contributed by atoms with Gasteiger partial charge in [-0.15, -0.1) is 0 Å². The summed E-state index contributed by atoms with van der Waals surface area (Å²) in [7, 11) is 0. The van der Waals surface area contributed by atoms with Crippen LogP contribution in [0.25, 0.3) is 5.82 Å². The fourth-order valence-corrected chi connectivity index (χ4v) is 4.26. The Labute approximate surface area is 191 Å². The number of pyridine rings is 1. The molecule has 1 aliphatic heterocycles. The van der Waals surface area contributed by atoms with E-state index in [1.807, 2.05) is 41.6 Å². The molecule has 1 fully saturated rings. The molecular formula is C22H23Cl2N5O2. The molecule has 0 radical (unpaired) electrons. The van der Waals surface area contributed by atoms with Crippen molar-refractivity contribution in [2.24, 2.45) is 0 Å². The standard InChI is InChI=1S/C22H23Cl2N5O2/c1-15-22(16(2)29(26-15)20-5-3-4-8-25-20)28-11-9-27(10-12-28)21(30)14-31-19-7-6-17(23)13-18(19)24/h3-8,13H,9-12,14H2,1-2H3. The van der Waals surface area contributed by atoms with Gasteiger partial charge in [-0.3, -0.25) is 4.79 Å². The van der Waals surface area contributed by atoms with E-state index in [2.05, 4.69) is 15.0 Å². The van der Waals surface area contributed by atoms with Crippen LogP contribution in [0.5, 0.6) is 5.75 Å². The summed E-state index contributed by atoms with van der Waals surface area (Å²) in [4.78, 5) is 21.1. The molecule has 2 aromatic heterocycles. The van der Waals surface area contributed by atoms with Gasteiger partial charge in [-0.25, -0.2) is 9.67 Å². The fraction of sp³-hybridized carbons (Fsp3) is 0.318. The van der Waals surface area contributed by atoms with Crippen LogP contribution >= 0.6 is 23.2 Å². The first-order valence-corrected chi connectivity index (χ1v) is 10.8. The summed E-state index contributed by atoms with van der Waals surface area (Å²) in [5, 5.41) is 5.59. The molecule has 0 aliphatic carbocycles. The SMILES string of the molecule is Cc1nn(-c2ccccn2)c(C)c1N1CCN(C(=O)COc2ccc(Cl)cc2Cl)CC1. The van der Waals surface area contributed by atoms with E-state index in [0.29, 0.717) is 28.9 Å². The Balaban J connectivity index is 1.37. The number of benzene rings is 1. The molecule has 0 N–H and O–H groups in total. The van der Waals surface area contributed by atoms with Crippen molar-refractivity contribution < 1.29 is 9.53 Å². The van der Waals surface area contributed by atoms with Crippen molar-refractivity contribution in [3.05, 3.63) is 64.0 Å². The lowest BCUT2D eigenvalue weighted by Gasteiger charge is -2.36. The molecule has 0 atom stereocenters. The zero-order valence-corrected chi connectivity index (χ0v) is 18.9. The first kappa shape index (κ1) is 21.5. The van der Waals surface area contributed by atoms with Crippen molar-refractivity contribution in [2.45, 2.75) is 13.8 Å². The number of anilines is 1. The van der Waals surface area contributed by atoms with E-state index >= 15 is 0 Å². The number of hydrogen-bond donors (Lipinski definition) is 0. The lowest BCUT2D eigenvalue weighted by Crippen LogP contribution is -2.50. The number of aromatic nitrogens is 3. The minimum Gasteiger partial charge on any atom is -0.482 e. The zero-order valence-electron chi connectivity index (χ0n) is 17.4. The van der Waals surface area contributed by atoms with E-state index in [0.717, 1.165) is 36.0 Å². The second-order valence-electron chi connectivity index (χ2n) is 7.35. The van der Waals surface area contributed by atoms with E-state index in [4.69, 9.17) is 27.9 Å². The van der Waals surface area contributed by atoms with Crippen LogP contribution in [0.1, 0.15) is 11.4 Å². The second kappa shape index (κ2) is 9.16. The number of rotatable bonds is 5. The number of ether oxygens (including phenoxy) is 1. The van der Waals surface area contributed by atoms with Gasteiger partial charge in [-0.1, -0.05) is 29.3 Å². The van der Waals surface area contributed by atoms with Crippen LogP contribution in [0.3, 0.4) is 0 Å². The summed E-state index contributed by atoms with van der Waals surface area (Å²) < 4.78 is 7.46. The monoisotopic (exact) mass is 459 g/mol. The molecule has 4 rings (SSSR count). The number of aryl methyl sites for hydroxylation is 1. The lowest BCUT2D eigenvalue weighted by atomic mass is 10.2. The minimum atomic E-state index is -0.0664. The van der Waals surface area contributed by atoms with Gasteiger partial charge in [0.1, 0.15) is 5.75 Å². The minimum absolute atomic E-state index is 0.0585. The maximum atomic E-state index is 12.6. The van der Waals surface area contributed by atoms with E-state index < -0.39 is 0 Å². The molecule has 0 saturated carbocycles. The number of hydrogen-bond acceptors (Lipinski definition) is 5. The highest BCUT2D eigenvalue weighted by atomic mass is 35.5. The molecule has 0 spiro atoms. The Kier molecular flexibility index (Phi) is 6.34. The highest BCUT2D eigenvalue weighted by Crippen LogP contribution is 2.28. The first-order valence-electron chi connectivity index (χ1n) is 10.0. The molecule has 3 aromatic rings. The van der Waals surface area contributed by atoms with Crippen molar-refractivity contribution in [1.82, 2.24) is 19.7 Å². The van der Waals surface area contributed by atoms with Gasteiger partial charge in [-0.05, 0) is 44.2 Å². The van der Waals surface area contributed by atoms with Gasteiger partial charge in [0.25, 0.3) is 5.91 Å². The van der Waals surface area contributed by atoms with E-state index in [9.17, 15) is 4.79 Å². The van der Waals surface area contributed by atoms with E-state index in [1.54, 1.807) is 24.4 Å². The third-order valence-electron chi connectivity index (χ3n) is 5.31. The topological polar surface area (TPSA) is 63.5 Å². The lowest BCUT2D eigenvalue weighted by molar-refractivity contribution is -0.133. The van der Waals surface area contributed by atoms with Gasteiger partial charge in [0.15, 0.2) is 12.4 Å². The normalized spacial score (nSPS) is 14.1. The van der Waals surface area contributed by atoms with Crippen LogP contribution in [-0.2, 0) is 4.79 Å². The number of carbonyl (C=O) groups is 1. The molecule has 1 amide bonds. The highest BCUT2D eigenvalue weighted by molar-refractivity contribution is 6.35. The van der Waals surface area contributed by atoms with Crippen LogP contribution in [0.15, 0.2) is 42.6 Å². The highest BCUT2D eigenvalue weighted by Gasteiger charge is 2.26. The van der Waals surface area contributed by atoms with Crippen molar-refractivity contribution in [2.75, 3.05) is 37.7 Å². The number of piperazine rings is 1. The fourth-order valence-electron chi connectivity index (χ4n) is 3.80. The van der Waals surface area contributed by atoms with Crippen molar-refractivity contribution in [1.29, 1.82) is 0 Å². The largest absolute Gasteiger partial charge is 0.482 e. The molecule has 3 heterocycles. The van der Waals surface area contributed by atoms with Crippen LogP contribution in [0.2, 0.25) is 10.0 Å². The molecule has 1 aliphatic rings. The summed E-state index contributed by atoms with van der Waals surface area (Å²) in [6.07, 6.45) is 1.76. The molecule has 162 valence electrons. The van der Waals surface area contributed by atoms with Gasteiger partial charge in [0.2, 0.25) is 0 Å². The maximum absolute atomic E-state index is 12.6. The van der Waals surface area contributed by atoms with Crippen LogP contribution in [0.4, 0.5) is 5.69 Å². The molecule has 7 nitrogen and oxygen atoms in total. The quantitative estimate of drug-likeness (QED) is 0.578. The Bertz CT molecular complexity index is 1080. The molecule has 0 bridgehead atoms. The predicted molar refractivity (Wildman–Crippen MR) is 122 cm³/mol. The first-order chi connectivity index (χ1) is 14.9. The molecule has 9 heteroatoms. The van der Waals surface area contributed by atoms with Crippen molar-refractivity contribution in [3.63, 3.8) is 0 Å². The van der Waals surface area contributed by atoms with Gasteiger partial charge in [0.05, 0.1) is 22.1 Å². The van der Waals surface area contributed by atoms with Crippen molar-refractivity contribution in [3.8, 4) is 11.6 Å². The van der Waals surface area contributed by atoms with Crippen molar-refractivity contribution >= 4 is 34.8 Å². The third-order valence-corrected chi connectivity index (χ3v) is 5.84. The average Bonchev–Trinajstić information content (AvgIpc) is 3.07. The van der Waals surface area contributed by atoms with Gasteiger partial charge in [0, 0.05) is 37.4 Å². The molecule has 1 saturated heterocycles. The smallest absolute Gasteiger partial charge is 0.260 e. The van der Waals surface area contributed by atoms with Crippen LogP contribution in [0, 0.1) is 13.8 Å². The van der Waals surface area contributed by atoms with E-state index in [1.165, 1.54) is 0 Å². The number of amides is 1. The summed E-state index contributed by atoms with van der Waals surface area (Å²) >= 11 is 12.0. The zero-order chi connectivity index (χ0) is 22.0. The number of carbonyl (C=O) groups excluding carboxylic acids is 1. The molecule has 31 heavy (non-hydrogen) atoms.